The van der Waals surface area contributed by atoms with Crippen LogP contribution in [0.4, 0.5) is 17.3 Å². The maximum atomic E-state index is 9.13. The second-order valence-corrected chi connectivity index (χ2v) is 4.81. The van der Waals surface area contributed by atoms with Crippen LogP contribution in [-0.4, -0.2) is 9.97 Å². The molecule has 5 nitrogen and oxygen atoms in total. The van der Waals surface area contributed by atoms with E-state index in [0.29, 0.717) is 27.6 Å². The minimum Gasteiger partial charge on any atom is -0.381 e. The van der Waals surface area contributed by atoms with Crippen LogP contribution in [0.2, 0.25) is 5.02 Å². The number of hydrogen-bond acceptors (Lipinski definition) is 5. The van der Waals surface area contributed by atoms with Crippen LogP contribution < -0.4 is 11.1 Å². The highest BCUT2D eigenvalue weighted by molar-refractivity contribution is 6.30. The lowest BCUT2D eigenvalue weighted by Gasteiger charge is -2.10. The van der Waals surface area contributed by atoms with Crippen LogP contribution >= 0.6 is 11.6 Å². The van der Waals surface area contributed by atoms with E-state index >= 15 is 0 Å². The van der Waals surface area contributed by atoms with Gasteiger partial charge in [-0.25, -0.2) is 9.97 Å². The number of anilines is 3. The topological polar surface area (TPSA) is 87.6 Å². The van der Waals surface area contributed by atoms with Crippen molar-refractivity contribution in [3.05, 3.63) is 53.1 Å². The van der Waals surface area contributed by atoms with Crippen LogP contribution in [0.25, 0.3) is 11.0 Å². The molecular weight excluding hydrogens is 286 g/mol. The van der Waals surface area contributed by atoms with Crippen LogP contribution in [-0.2, 0) is 0 Å². The molecular formula is C15H10ClN5. The van der Waals surface area contributed by atoms with Crippen LogP contribution in [0.1, 0.15) is 5.56 Å². The van der Waals surface area contributed by atoms with Gasteiger partial charge in [-0.2, -0.15) is 5.26 Å². The average Bonchev–Trinajstić information content (AvgIpc) is 2.48. The number of halogens is 1. The van der Waals surface area contributed by atoms with E-state index in [0.717, 1.165) is 5.52 Å². The van der Waals surface area contributed by atoms with Gasteiger partial charge < -0.3 is 11.1 Å². The minimum absolute atomic E-state index is 0.262. The van der Waals surface area contributed by atoms with Gasteiger partial charge in [0.05, 0.1) is 22.3 Å². The second-order valence-electron chi connectivity index (χ2n) is 4.37. The third-order valence-corrected chi connectivity index (χ3v) is 3.19. The summed E-state index contributed by atoms with van der Waals surface area (Å²) in [5.74, 6) is 0.657. The smallest absolute Gasteiger partial charge is 0.174 e. The second kappa shape index (κ2) is 5.27. The molecule has 0 aliphatic heterocycles. The summed E-state index contributed by atoms with van der Waals surface area (Å²) in [5, 5.41) is 12.7. The lowest BCUT2D eigenvalue weighted by atomic mass is 10.2. The minimum atomic E-state index is 0.262. The SMILES string of the molecule is N#Cc1ccc(Cl)cc1Nc1nc2ccccc2nc1N. The van der Waals surface area contributed by atoms with E-state index in [1.807, 2.05) is 24.3 Å². The Kier molecular flexibility index (Phi) is 3.30. The van der Waals surface area contributed by atoms with Gasteiger partial charge in [0, 0.05) is 5.02 Å². The highest BCUT2D eigenvalue weighted by Gasteiger charge is 2.09. The van der Waals surface area contributed by atoms with Crippen molar-refractivity contribution in [2.24, 2.45) is 0 Å². The molecule has 3 N–H and O–H groups in total. The van der Waals surface area contributed by atoms with Crippen molar-refractivity contribution < 1.29 is 0 Å². The predicted octanol–water partition coefficient (Wildman–Crippen LogP) is 3.48. The number of fused-ring (bicyclic) bond motifs is 1. The number of nitriles is 1. The van der Waals surface area contributed by atoms with Crippen molar-refractivity contribution in [2.45, 2.75) is 0 Å². The van der Waals surface area contributed by atoms with Crippen molar-refractivity contribution in [3.63, 3.8) is 0 Å². The Morgan fingerprint density at radius 2 is 1.81 bits per heavy atom. The Morgan fingerprint density at radius 3 is 2.52 bits per heavy atom. The molecule has 0 aliphatic rings. The van der Waals surface area contributed by atoms with Gasteiger partial charge in [-0.05, 0) is 30.3 Å². The Bertz CT molecular complexity index is 870. The van der Waals surface area contributed by atoms with Crippen LogP contribution in [0.3, 0.4) is 0 Å². The highest BCUT2D eigenvalue weighted by Crippen LogP contribution is 2.26. The molecule has 0 aliphatic carbocycles. The normalized spacial score (nSPS) is 10.3. The number of benzene rings is 2. The van der Waals surface area contributed by atoms with E-state index in [1.165, 1.54) is 0 Å². The lowest BCUT2D eigenvalue weighted by Crippen LogP contribution is -2.03. The van der Waals surface area contributed by atoms with Crippen molar-refractivity contribution >= 4 is 40.0 Å². The maximum Gasteiger partial charge on any atom is 0.174 e. The molecule has 0 spiro atoms. The molecule has 0 saturated heterocycles. The zero-order valence-electron chi connectivity index (χ0n) is 10.8. The monoisotopic (exact) mass is 295 g/mol. The van der Waals surface area contributed by atoms with Crippen molar-refractivity contribution in [1.82, 2.24) is 9.97 Å². The molecule has 3 aromatic rings. The molecule has 2 aromatic carbocycles. The molecule has 1 aromatic heterocycles. The van der Waals surface area contributed by atoms with E-state index in [1.54, 1.807) is 18.2 Å². The molecule has 1 heterocycles. The van der Waals surface area contributed by atoms with Gasteiger partial charge in [-0.3, -0.25) is 0 Å². The summed E-state index contributed by atoms with van der Waals surface area (Å²) >= 11 is 5.96. The van der Waals surface area contributed by atoms with E-state index in [9.17, 15) is 0 Å². The lowest BCUT2D eigenvalue weighted by molar-refractivity contribution is 1.28. The Hall–Kier alpha value is -2.84. The zero-order chi connectivity index (χ0) is 14.8. The molecule has 102 valence electrons. The third kappa shape index (κ3) is 2.57. The van der Waals surface area contributed by atoms with Gasteiger partial charge in [0.1, 0.15) is 6.07 Å². The number of nitrogen functional groups attached to an aromatic ring is 1. The zero-order valence-corrected chi connectivity index (χ0v) is 11.6. The summed E-state index contributed by atoms with van der Waals surface area (Å²) in [6.07, 6.45) is 0. The van der Waals surface area contributed by atoms with Gasteiger partial charge in [-0.1, -0.05) is 23.7 Å². The molecule has 6 heteroatoms. The van der Waals surface area contributed by atoms with Gasteiger partial charge in [0.2, 0.25) is 0 Å². The summed E-state index contributed by atoms with van der Waals surface area (Å²) in [7, 11) is 0. The molecule has 0 atom stereocenters. The van der Waals surface area contributed by atoms with Gasteiger partial charge in [-0.15, -0.1) is 0 Å². The van der Waals surface area contributed by atoms with Gasteiger partial charge in [0.25, 0.3) is 0 Å². The fourth-order valence-corrected chi connectivity index (χ4v) is 2.12. The van der Waals surface area contributed by atoms with Crippen LogP contribution in [0.5, 0.6) is 0 Å². The van der Waals surface area contributed by atoms with E-state index in [2.05, 4.69) is 21.4 Å². The number of para-hydroxylation sites is 2. The maximum absolute atomic E-state index is 9.13. The Morgan fingerprint density at radius 1 is 1.10 bits per heavy atom. The number of hydrogen-bond donors (Lipinski definition) is 2. The van der Waals surface area contributed by atoms with Crippen molar-refractivity contribution in [3.8, 4) is 6.07 Å². The Balaban J connectivity index is 2.08. The molecule has 0 bridgehead atoms. The van der Waals surface area contributed by atoms with Gasteiger partial charge in [0.15, 0.2) is 11.6 Å². The summed E-state index contributed by atoms with van der Waals surface area (Å²) in [4.78, 5) is 8.71. The third-order valence-electron chi connectivity index (χ3n) is 2.95. The number of nitrogens with two attached hydrogens (primary N) is 1. The molecule has 0 saturated carbocycles. The van der Waals surface area contributed by atoms with Gasteiger partial charge >= 0.3 is 0 Å². The van der Waals surface area contributed by atoms with Crippen molar-refractivity contribution in [2.75, 3.05) is 11.1 Å². The molecule has 3 rings (SSSR count). The molecule has 0 radical (unpaired) electrons. The standard InChI is InChI=1S/C15H10ClN5/c16-10-6-5-9(8-17)13(7-10)21-15-14(18)19-11-3-1-2-4-12(11)20-15/h1-7H,(H2,18,19)(H,20,21). The number of rotatable bonds is 2. The predicted molar refractivity (Wildman–Crippen MR) is 83.4 cm³/mol. The largest absolute Gasteiger partial charge is 0.381 e. The summed E-state index contributed by atoms with van der Waals surface area (Å²) in [5.41, 5.74) is 8.34. The van der Waals surface area contributed by atoms with Crippen molar-refractivity contribution in [1.29, 1.82) is 5.26 Å². The van der Waals surface area contributed by atoms with Crippen LogP contribution in [0.15, 0.2) is 42.5 Å². The number of nitrogens with one attached hydrogen (secondary N) is 1. The summed E-state index contributed by atoms with van der Waals surface area (Å²) in [6, 6.07) is 14.4. The summed E-state index contributed by atoms with van der Waals surface area (Å²) < 4.78 is 0. The molecule has 0 amide bonds. The van der Waals surface area contributed by atoms with Crippen LogP contribution in [0, 0.1) is 11.3 Å². The number of nitrogens with zero attached hydrogens (tertiary/aromatic N) is 3. The average molecular weight is 296 g/mol. The number of aromatic nitrogens is 2. The molecule has 0 unspecified atom stereocenters. The first-order valence-electron chi connectivity index (χ1n) is 6.16. The fraction of sp³-hybridized carbons (Fsp3) is 0. The fourth-order valence-electron chi connectivity index (χ4n) is 1.95. The highest BCUT2D eigenvalue weighted by atomic mass is 35.5. The van der Waals surface area contributed by atoms with E-state index < -0.39 is 0 Å². The quantitative estimate of drug-likeness (QED) is 0.755. The van der Waals surface area contributed by atoms with E-state index in [4.69, 9.17) is 22.6 Å². The Labute approximate surface area is 126 Å². The molecule has 21 heavy (non-hydrogen) atoms. The van der Waals surface area contributed by atoms with E-state index in [-0.39, 0.29) is 5.82 Å². The first-order valence-corrected chi connectivity index (χ1v) is 6.54. The first-order chi connectivity index (χ1) is 10.2. The first kappa shape index (κ1) is 13.2. The molecule has 0 fully saturated rings. The summed E-state index contributed by atoms with van der Waals surface area (Å²) in [6.45, 7) is 0.